The van der Waals surface area contributed by atoms with E-state index in [9.17, 15) is 13.2 Å². The molecule has 1 atom stereocenters. The third kappa shape index (κ3) is 3.57. The Balaban J connectivity index is 3.05. The van der Waals surface area contributed by atoms with Gasteiger partial charge in [-0.25, -0.2) is 13.4 Å². The van der Waals surface area contributed by atoms with Crippen LogP contribution in [-0.2, 0) is 14.6 Å². The maximum Gasteiger partial charge on any atom is 0.226 e. The largest absolute Gasteiger partial charge is 0.369 e. The van der Waals surface area contributed by atoms with Gasteiger partial charge in [-0.3, -0.25) is 9.80 Å². The lowest BCUT2D eigenvalue weighted by atomic mass is 10.1. The number of nitrogens with zero attached hydrogens (tertiary/aromatic N) is 2. The normalized spacial score (nSPS) is 20.6. The van der Waals surface area contributed by atoms with Crippen molar-refractivity contribution >= 4 is 15.7 Å². The van der Waals surface area contributed by atoms with Crippen LogP contribution >= 0.6 is 0 Å². The maximum atomic E-state index is 11.7. The highest BCUT2D eigenvalue weighted by Gasteiger charge is 2.28. The third-order valence-corrected chi connectivity index (χ3v) is 3.45. The monoisotopic (exact) mass is 258 g/mol. The van der Waals surface area contributed by atoms with E-state index in [1.165, 1.54) is 12.5 Å². The number of amides is 1. The number of carbonyl (C=O) groups excluding carboxylic acids is 1. The second-order valence-corrected chi connectivity index (χ2v) is 6.12. The first kappa shape index (κ1) is 13.7. The minimum Gasteiger partial charge on any atom is -0.369 e. The number of hydrogen-bond donors (Lipinski definition) is 1. The van der Waals surface area contributed by atoms with Crippen molar-refractivity contribution < 1.29 is 13.2 Å². The molecule has 0 saturated carbocycles. The van der Waals surface area contributed by atoms with Gasteiger partial charge in [-0.2, -0.15) is 0 Å². The Bertz CT molecular complexity index is 465. The molecule has 95 valence electrons. The van der Waals surface area contributed by atoms with Crippen LogP contribution in [0.15, 0.2) is 23.9 Å². The zero-order chi connectivity index (χ0) is 13.2. The summed E-state index contributed by atoms with van der Waals surface area (Å²) in [6.45, 7) is 0. The second kappa shape index (κ2) is 4.89. The van der Waals surface area contributed by atoms with E-state index < -0.39 is 21.1 Å². The van der Waals surface area contributed by atoms with E-state index >= 15 is 0 Å². The highest BCUT2D eigenvalue weighted by Crippen LogP contribution is 2.20. The van der Waals surface area contributed by atoms with Gasteiger partial charge in [0.05, 0.1) is 6.42 Å². The van der Waals surface area contributed by atoms with Crippen LogP contribution in [-0.4, -0.2) is 50.1 Å². The molecule has 0 aromatic rings. The number of carbonyl (C=O) groups is 1. The maximum absolute atomic E-state index is 11.7. The number of rotatable bonds is 4. The molecule has 1 aliphatic rings. The van der Waals surface area contributed by atoms with Crippen molar-refractivity contribution in [2.75, 3.05) is 20.4 Å². The number of hydrazine groups is 1. The molecule has 0 aromatic heterocycles. The van der Waals surface area contributed by atoms with Gasteiger partial charge in [-0.1, -0.05) is 0 Å². The predicted octanol–water partition coefficient (Wildman–Crippen LogP) is -0.721. The van der Waals surface area contributed by atoms with Crippen LogP contribution in [0.3, 0.4) is 0 Å². The van der Waals surface area contributed by atoms with Crippen LogP contribution < -0.4 is 5.73 Å². The Morgan fingerprint density at radius 3 is 2.53 bits per heavy atom. The highest BCUT2D eigenvalue weighted by molar-refractivity contribution is 7.91. The van der Waals surface area contributed by atoms with Crippen molar-refractivity contribution in [1.82, 2.24) is 10.0 Å². The molecule has 1 rings (SSSR count). The van der Waals surface area contributed by atoms with Crippen molar-refractivity contribution in [3.8, 4) is 0 Å². The quantitative estimate of drug-likeness (QED) is 0.719. The Morgan fingerprint density at radius 1 is 1.53 bits per heavy atom. The first-order chi connectivity index (χ1) is 7.71. The van der Waals surface area contributed by atoms with Crippen molar-refractivity contribution in [3.05, 3.63) is 30.3 Å². The second-order valence-electron chi connectivity index (χ2n) is 3.98. The van der Waals surface area contributed by atoms with Crippen molar-refractivity contribution in [3.63, 3.8) is 0 Å². The topological polar surface area (TPSA) is 83.7 Å². The minimum absolute atomic E-state index is 0.492. The molecular weight excluding hydrogens is 242 g/mol. The number of hydrogen-bond acceptors (Lipinski definition) is 5. The van der Waals surface area contributed by atoms with Crippen LogP contribution in [0.25, 0.3) is 0 Å². The molecule has 0 unspecified atom stereocenters. The van der Waals surface area contributed by atoms with E-state index in [4.69, 9.17) is 5.73 Å². The van der Waals surface area contributed by atoms with E-state index in [-0.39, 0.29) is 0 Å². The molecule has 0 fully saturated rings. The molecule has 1 heterocycles. The molecule has 1 radical (unpaired) electrons. The number of sulfone groups is 1. The van der Waals surface area contributed by atoms with E-state index in [0.717, 1.165) is 6.26 Å². The summed E-state index contributed by atoms with van der Waals surface area (Å²) >= 11 is 0. The van der Waals surface area contributed by atoms with Crippen molar-refractivity contribution in [2.45, 2.75) is 5.37 Å². The number of primary amides is 1. The van der Waals surface area contributed by atoms with Crippen molar-refractivity contribution in [1.29, 1.82) is 0 Å². The zero-order valence-corrected chi connectivity index (χ0v) is 10.8. The molecule has 2 N–H and O–H groups in total. The first-order valence-corrected chi connectivity index (χ1v) is 6.86. The zero-order valence-electron chi connectivity index (χ0n) is 9.99. The summed E-state index contributed by atoms with van der Waals surface area (Å²) < 4.78 is 23.3. The average molecular weight is 258 g/mol. The SMILES string of the molecule is CN(C)N1C=CC([CH]C(N)=O)=C[C@@H]1S(C)(=O)=O. The lowest BCUT2D eigenvalue weighted by Crippen LogP contribution is -2.45. The van der Waals surface area contributed by atoms with E-state index in [1.54, 1.807) is 36.4 Å². The molecule has 0 bridgehead atoms. The fourth-order valence-electron chi connectivity index (χ4n) is 1.49. The van der Waals surface area contributed by atoms with Crippen LogP contribution in [0, 0.1) is 6.42 Å². The molecular formula is C10H16N3O3S. The average Bonchev–Trinajstić information content (AvgIpc) is 2.14. The molecule has 0 saturated heterocycles. The van der Waals surface area contributed by atoms with Crippen molar-refractivity contribution in [2.24, 2.45) is 5.73 Å². The van der Waals surface area contributed by atoms with Crippen LogP contribution in [0.4, 0.5) is 0 Å². The molecule has 1 amide bonds. The van der Waals surface area contributed by atoms with E-state index in [2.05, 4.69) is 0 Å². The summed E-state index contributed by atoms with van der Waals surface area (Å²) in [4.78, 5) is 10.8. The van der Waals surface area contributed by atoms with Gasteiger partial charge in [0.15, 0.2) is 15.2 Å². The summed E-state index contributed by atoms with van der Waals surface area (Å²) in [5, 5.41) is 2.38. The summed E-state index contributed by atoms with van der Waals surface area (Å²) in [5.74, 6) is -0.605. The number of nitrogens with two attached hydrogens (primary N) is 1. The fourth-order valence-corrected chi connectivity index (χ4v) is 2.54. The van der Waals surface area contributed by atoms with Gasteiger partial charge in [-0.15, -0.1) is 0 Å². The van der Waals surface area contributed by atoms with Gasteiger partial charge in [-0.05, 0) is 17.7 Å². The molecule has 0 aliphatic carbocycles. The van der Waals surface area contributed by atoms with Crippen LogP contribution in [0.1, 0.15) is 0 Å². The summed E-state index contributed by atoms with van der Waals surface area (Å²) in [6.07, 6.45) is 7.06. The summed E-state index contributed by atoms with van der Waals surface area (Å²) in [6, 6.07) is 0. The molecule has 0 aromatic carbocycles. The van der Waals surface area contributed by atoms with Crippen LogP contribution in [0.2, 0.25) is 0 Å². The van der Waals surface area contributed by atoms with Crippen LogP contribution in [0.5, 0.6) is 0 Å². The smallest absolute Gasteiger partial charge is 0.226 e. The predicted molar refractivity (Wildman–Crippen MR) is 64.9 cm³/mol. The summed E-state index contributed by atoms with van der Waals surface area (Å²) in [7, 11) is 0.166. The third-order valence-electron chi connectivity index (χ3n) is 2.22. The first-order valence-electron chi connectivity index (χ1n) is 4.90. The lowest BCUT2D eigenvalue weighted by Gasteiger charge is -2.35. The van der Waals surface area contributed by atoms with Gasteiger partial charge in [0.2, 0.25) is 5.91 Å². The molecule has 0 spiro atoms. The van der Waals surface area contributed by atoms with Gasteiger partial charge < -0.3 is 5.73 Å². The Hall–Kier alpha value is -1.34. The van der Waals surface area contributed by atoms with Gasteiger partial charge in [0, 0.05) is 26.6 Å². The van der Waals surface area contributed by atoms with E-state index in [0.29, 0.717) is 5.57 Å². The van der Waals surface area contributed by atoms with E-state index in [1.807, 2.05) is 0 Å². The Morgan fingerprint density at radius 2 is 2.12 bits per heavy atom. The Labute approximate surface area is 101 Å². The highest BCUT2D eigenvalue weighted by atomic mass is 32.2. The van der Waals surface area contributed by atoms with Gasteiger partial charge >= 0.3 is 0 Å². The lowest BCUT2D eigenvalue weighted by molar-refractivity contribution is -0.114. The Kier molecular flexibility index (Phi) is 3.94. The fraction of sp³-hybridized carbons (Fsp3) is 0.400. The minimum atomic E-state index is -3.30. The van der Waals surface area contributed by atoms with Gasteiger partial charge in [0.1, 0.15) is 0 Å². The molecule has 17 heavy (non-hydrogen) atoms. The standard InChI is InChI=1S/C10H16N3O3S/c1-12(2)13-5-4-8(6-9(11)14)7-10(13)17(3,15)16/h4-7,10H,1-3H3,(H2,11,14)/t10-/m0/s1. The molecule has 1 aliphatic heterocycles. The number of allylic oxidation sites excluding steroid dienone is 1. The molecule has 6 nitrogen and oxygen atoms in total. The van der Waals surface area contributed by atoms with Gasteiger partial charge in [0.25, 0.3) is 0 Å². The molecule has 7 heteroatoms. The summed E-state index contributed by atoms with van der Waals surface area (Å²) in [5.41, 5.74) is 5.52.